The molecule has 0 spiro atoms. The summed E-state index contributed by atoms with van der Waals surface area (Å²) in [5.41, 5.74) is 0. The van der Waals surface area contributed by atoms with E-state index in [1.807, 2.05) is 20.3 Å². The van der Waals surface area contributed by atoms with E-state index in [1.165, 1.54) is 30.6 Å². The lowest BCUT2D eigenvalue weighted by Gasteiger charge is -2.44. The average molecular weight is 339 g/mol. The molecule has 130 valence electrons. The molecule has 0 amide bonds. The van der Waals surface area contributed by atoms with E-state index in [0.29, 0.717) is 12.6 Å². The van der Waals surface area contributed by atoms with Gasteiger partial charge < -0.3 is 10.0 Å². The number of anilines is 1. The van der Waals surface area contributed by atoms with Gasteiger partial charge in [-0.1, -0.05) is 12.8 Å². The summed E-state index contributed by atoms with van der Waals surface area (Å²) in [6.07, 6.45) is 8.38. The Labute approximate surface area is 143 Å². The van der Waals surface area contributed by atoms with Crippen LogP contribution in [0.25, 0.3) is 0 Å². The molecule has 0 bridgehead atoms. The largest absolute Gasteiger partial charge is 0.396 e. The van der Waals surface area contributed by atoms with Crippen LogP contribution in [0.3, 0.4) is 0 Å². The number of hydrogen-bond acceptors (Lipinski definition) is 6. The average Bonchev–Trinajstić information content (AvgIpc) is 3.19. The standard InChI is InChI=1S/C17H30N4OS/c1-19(2)17-18-11-16(23-17)13-20-8-9-21(14-5-3-4-6-14)15(12-20)7-10-22/h11,14-15,22H,3-10,12-13H2,1-2H3. The van der Waals surface area contributed by atoms with Crippen molar-refractivity contribution in [1.29, 1.82) is 0 Å². The normalized spacial score (nSPS) is 24.4. The summed E-state index contributed by atoms with van der Waals surface area (Å²) in [5.74, 6) is 0. The molecule has 1 unspecified atom stereocenters. The summed E-state index contributed by atoms with van der Waals surface area (Å²) in [7, 11) is 4.08. The minimum atomic E-state index is 0.299. The van der Waals surface area contributed by atoms with E-state index in [9.17, 15) is 5.11 Å². The molecular weight excluding hydrogens is 308 g/mol. The van der Waals surface area contributed by atoms with Gasteiger partial charge in [0.15, 0.2) is 5.13 Å². The van der Waals surface area contributed by atoms with Gasteiger partial charge >= 0.3 is 0 Å². The Kier molecular flexibility index (Phi) is 5.91. The molecule has 1 N–H and O–H groups in total. The third-order valence-electron chi connectivity index (χ3n) is 5.17. The highest BCUT2D eigenvalue weighted by Gasteiger charge is 2.33. The quantitative estimate of drug-likeness (QED) is 0.860. The second kappa shape index (κ2) is 7.92. The Bertz CT molecular complexity index is 487. The molecule has 1 aromatic heterocycles. The molecule has 1 saturated heterocycles. The minimum Gasteiger partial charge on any atom is -0.396 e. The van der Waals surface area contributed by atoms with Gasteiger partial charge in [0.25, 0.3) is 0 Å². The molecule has 2 heterocycles. The third-order valence-corrected chi connectivity index (χ3v) is 6.32. The summed E-state index contributed by atoms with van der Waals surface area (Å²) >= 11 is 1.79. The number of aliphatic hydroxyl groups is 1. The zero-order valence-corrected chi connectivity index (χ0v) is 15.3. The van der Waals surface area contributed by atoms with Crippen LogP contribution in [-0.2, 0) is 6.54 Å². The molecule has 2 aliphatic rings. The van der Waals surface area contributed by atoms with Gasteiger partial charge in [0.2, 0.25) is 0 Å². The SMILES string of the molecule is CN(C)c1ncc(CN2CCN(C3CCCC3)C(CCO)C2)s1. The molecule has 1 aliphatic carbocycles. The fourth-order valence-corrected chi connectivity index (χ4v) is 4.87. The lowest BCUT2D eigenvalue weighted by molar-refractivity contribution is 0.0271. The number of hydrogen-bond donors (Lipinski definition) is 1. The van der Waals surface area contributed by atoms with Crippen molar-refractivity contribution in [2.24, 2.45) is 0 Å². The summed E-state index contributed by atoms with van der Waals surface area (Å²) in [6, 6.07) is 1.27. The van der Waals surface area contributed by atoms with Gasteiger partial charge in [-0.25, -0.2) is 4.98 Å². The molecule has 1 saturated carbocycles. The van der Waals surface area contributed by atoms with Crippen molar-refractivity contribution in [2.75, 3.05) is 45.2 Å². The van der Waals surface area contributed by atoms with Crippen molar-refractivity contribution in [1.82, 2.24) is 14.8 Å². The molecular formula is C17H30N4OS. The Hall–Kier alpha value is -0.690. The van der Waals surface area contributed by atoms with E-state index in [1.54, 1.807) is 11.3 Å². The van der Waals surface area contributed by atoms with Gasteiger partial charge in [0.1, 0.15) is 0 Å². The van der Waals surface area contributed by atoms with Crippen LogP contribution in [0.1, 0.15) is 37.0 Å². The molecule has 3 rings (SSSR count). The number of piperazine rings is 1. The maximum absolute atomic E-state index is 9.46. The van der Waals surface area contributed by atoms with Crippen molar-refractivity contribution in [3.63, 3.8) is 0 Å². The molecule has 1 aliphatic heterocycles. The minimum absolute atomic E-state index is 0.299. The zero-order valence-electron chi connectivity index (χ0n) is 14.4. The first-order valence-corrected chi connectivity index (χ1v) is 9.70. The van der Waals surface area contributed by atoms with Gasteiger partial charge in [0.05, 0.1) is 0 Å². The predicted octanol–water partition coefficient (Wildman–Crippen LogP) is 2.02. The maximum atomic E-state index is 9.46. The number of rotatable bonds is 6. The lowest BCUT2D eigenvalue weighted by Crippen LogP contribution is -2.55. The lowest BCUT2D eigenvalue weighted by atomic mass is 10.0. The summed E-state index contributed by atoms with van der Waals surface area (Å²) in [6.45, 7) is 4.65. The van der Waals surface area contributed by atoms with Crippen LogP contribution in [0.15, 0.2) is 6.20 Å². The van der Waals surface area contributed by atoms with Crippen molar-refractivity contribution in [3.05, 3.63) is 11.1 Å². The van der Waals surface area contributed by atoms with Crippen LogP contribution in [-0.4, -0.2) is 72.3 Å². The van der Waals surface area contributed by atoms with Gasteiger partial charge in [-0.2, -0.15) is 0 Å². The van der Waals surface area contributed by atoms with Crippen molar-refractivity contribution < 1.29 is 5.11 Å². The van der Waals surface area contributed by atoms with E-state index < -0.39 is 0 Å². The van der Waals surface area contributed by atoms with Crippen LogP contribution < -0.4 is 4.90 Å². The number of aliphatic hydroxyl groups excluding tert-OH is 1. The summed E-state index contributed by atoms with van der Waals surface area (Å²) in [4.78, 5) is 13.1. The monoisotopic (exact) mass is 338 g/mol. The second-order valence-electron chi connectivity index (χ2n) is 7.08. The van der Waals surface area contributed by atoms with E-state index >= 15 is 0 Å². The molecule has 6 heteroatoms. The van der Waals surface area contributed by atoms with Crippen LogP contribution in [0, 0.1) is 0 Å². The van der Waals surface area contributed by atoms with Crippen LogP contribution in [0.4, 0.5) is 5.13 Å². The topological polar surface area (TPSA) is 42.8 Å². The van der Waals surface area contributed by atoms with Gasteiger partial charge in [-0.15, -0.1) is 11.3 Å². The molecule has 23 heavy (non-hydrogen) atoms. The summed E-state index contributed by atoms with van der Waals surface area (Å²) < 4.78 is 0. The Morgan fingerprint density at radius 2 is 2.09 bits per heavy atom. The van der Waals surface area contributed by atoms with Crippen molar-refractivity contribution >= 4 is 16.5 Å². The highest BCUT2D eigenvalue weighted by Crippen LogP contribution is 2.29. The summed E-state index contributed by atoms with van der Waals surface area (Å²) in [5, 5.41) is 10.5. The first-order valence-electron chi connectivity index (χ1n) is 8.88. The van der Waals surface area contributed by atoms with Gasteiger partial charge in [-0.3, -0.25) is 9.80 Å². The van der Waals surface area contributed by atoms with E-state index in [-0.39, 0.29) is 0 Å². The Balaban J connectivity index is 1.59. The fourth-order valence-electron chi connectivity index (χ4n) is 4.00. The zero-order chi connectivity index (χ0) is 16.2. The molecule has 1 atom stereocenters. The second-order valence-corrected chi connectivity index (χ2v) is 8.17. The third kappa shape index (κ3) is 4.24. The Morgan fingerprint density at radius 3 is 2.74 bits per heavy atom. The van der Waals surface area contributed by atoms with Gasteiger partial charge in [0, 0.05) is 70.0 Å². The molecule has 5 nitrogen and oxygen atoms in total. The number of nitrogens with zero attached hydrogens (tertiary/aromatic N) is 4. The highest BCUT2D eigenvalue weighted by molar-refractivity contribution is 7.15. The molecule has 0 aromatic carbocycles. The Morgan fingerprint density at radius 1 is 1.30 bits per heavy atom. The van der Waals surface area contributed by atoms with Crippen molar-refractivity contribution in [2.45, 2.75) is 50.7 Å². The fraction of sp³-hybridized carbons (Fsp3) is 0.824. The van der Waals surface area contributed by atoms with E-state index in [2.05, 4.69) is 19.7 Å². The maximum Gasteiger partial charge on any atom is 0.185 e. The van der Waals surface area contributed by atoms with Gasteiger partial charge in [-0.05, 0) is 19.3 Å². The van der Waals surface area contributed by atoms with E-state index in [4.69, 9.17) is 0 Å². The van der Waals surface area contributed by atoms with Crippen LogP contribution in [0.5, 0.6) is 0 Å². The molecule has 0 radical (unpaired) electrons. The number of thiazole rings is 1. The molecule has 1 aromatic rings. The molecule has 2 fully saturated rings. The van der Waals surface area contributed by atoms with Crippen LogP contribution in [0.2, 0.25) is 0 Å². The number of aromatic nitrogens is 1. The highest BCUT2D eigenvalue weighted by atomic mass is 32.1. The first-order chi connectivity index (χ1) is 11.2. The smallest absolute Gasteiger partial charge is 0.185 e. The first kappa shape index (κ1) is 17.1. The van der Waals surface area contributed by atoms with E-state index in [0.717, 1.165) is 43.8 Å². The predicted molar refractivity (Wildman–Crippen MR) is 96.2 cm³/mol. The van der Waals surface area contributed by atoms with Crippen LogP contribution >= 0.6 is 11.3 Å². The van der Waals surface area contributed by atoms with Crippen molar-refractivity contribution in [3.8, 4) is 0 Å².